The van der Waals surface area contributed by atoms with Crippen molar-refractivity contribution in [3.8, 4) is 5.75 Å². The number of allylic oxidation sites excluding steroid dienone is 1. The Kier molecular flexibility index (Phi) is 6.17. The Morgan fingerprint density at radius 3 is 2.52 bits per heavy atom. The summed E-state index contributed by atoms with van der Waals surface area (Å²) in [5.74, 6) is 0.102. The average Bonchev–Trinajstić information content (AvgIpc) is 2.89. The van der Waals surface area contributed by atoms with Gasteiger partial charge in [0.2, 0.25) is 0 Å². The fourth-order valence-corrected chi connectivity index (χ4v) is 2.68. The molecule has 0 fully saturated rings. The number of benzene rings is 1. The van der Waals surface area contributed by atoms with Crippen LogP contribution in [0.2, 0.25) is 0 Å². The van der Waals surface area contributed by atoms with Crippen LogP contribution in [-0.2, 0) is 4.74 Å². The van der Waals surface area contributed by atoms with Gasteiger partial charge in [0, 0.05) is 16.8 Å². The fraction of sp³-hybridized carbons (Fsp3) is 0.300. The number of aromatic nitrogens is 1. The second kappa shape index (κ2) is 8.33. The van der Waals surface area contributed by atoms with E-state index < -0.39 is 5.97 Å². The lowest BCUT2D eigenvalue weighted by Crippen LogP contribution is -2.07. The number of aryl methyl sites for hydroxylation is 1. The van der Waals surface area contributed by atoms with Gasteiger partial charge in [0.1, 0.15) is 11.4 Å². The van der Waals surface area contributed by atoms with Gasteiger partial charge in [-0.25, -0.2) is 4.79 Å². The number of esters is 1. The van der Waals surface area contributed by atoms with Gasteiger partial charge in [0.05, 0.1) is 13.2 Å². The Labute approximate surface area is 147 Å². The van der Waals surface area contributed by atoms with Crippen molar-refractivity contribution in [2.45, 2.75) is 27.7 Å². The molecule has 5 heteroatoms. The SMILES string of the molecule is CCOC(=O)c1[nH]c(C)c(C(=O)/C=C/c2ccccc2OCC)c1C. The van der Waals surface area contributed by atoms with Crippen molar-refractivity contribution in [2.24, 2.45) is 0 Å². The Hall–Kier alpha value is -2.82. The van der Waals surface area contributed by atoms with E-state index >= 15 is 0 Å². The molecule has 0 aliphatic heterocycles. The highest BCUT2D eigenvalue weighted by atomic mass is 16.5. The van der Waals surface area contributed by atoms with Crippen molar-refractivity contribution in [3.05, 3.63) is 58.4 Å². The highest BCUT2D eigenvalue weighted by Gasteiger charge is 2.21. The average molecular weight is 341 g/mol. The largest absolute Gasteiger partial charge is 0.493 e. The highest BCUT2D eigenvalue weighted by Crippen LogP contribution is 2.22. The highest BCUT2D eigenvalue weighted by molar-refractivity contribution is 6.10. The Morgan fingerprint density at radius 1 is 1.12 bits per heavy atom. The van der Waals surface area contributed by atoms with Crippen molar-refractivity contribution in [1.82, 2.24) is 4.98 Å². The van der Waals surface area contributed by atoms with E-state index in [1.54, 1.807) is 26.8 Å². The molecule has 0 bridgehead atoms. The zero-order valence-corrected chi connectivity index (χ0v) is 15.0. The molecule has 1 N–H and O–H groups in total. The van der Waals surface area contributed by atoms with Crippen LogP contribution >= 0.6 is 0 Å². The van der Waals surface area contributed by atoms with Crippen molar-refractivity contribution in [3.63, 3.8) is 0 Å². The summed E-state index contributed by atoms with van der Waals surface area (Å²) in [6, 6.07) is 7.52. The Bertz CT molecular complexity index is 802. The zero-order valence-electron chi connectivity index (χ0n) is 15.0. The van der Waals surface area contributed by atoms with Crippen LogP contribution in [0.25, 0.3) is 6.08 Å². The number of nitrogens with one attached hydrogen (secondary N) is 1. The molecule has 0 saturated carbocycles. The summed E-state index contributed by atoms with van der Waals surface area (Å²) >= 11 is 0. The molecule has 5 nitrogen and oxygen atoms in total. The Balaban J connectivity index is 2.29. The quantitative estimate of drug-likeness (QED) is 0.468. The smallest absolute Gasteiger partial charge is 0.355 e. The first kappa shape index (κ1) is 18.5. The van der Waals surface area contributed by atoms with Crippen molar-refractivity contribution in [2.75, 3.05) is 13.2 Å². The molecule has 0 unspecified atom stereocenters. The predicted molar refractivity (Wildman–Crippen MR) is 97.2 cm³/mol. The molecule has 0 amide bonds. The summed E-state index contributed by atoms with van der Waals surface area (Å²) in [5.41, 5.74) is 2.89. The maximum Gasteiger partial charge on any atom is 0.355 e. The summed E-state index contributed by atoms with van der Waals surface area (Å²) in [4.78, 5) is 27.5. The van der Waals surface area contributed by atoms with Crippen LogP contribution in [0.15, 0.2) is 30.3 Å². The molecule has 132 valence electrons. The van der Waals surface area contributed by atoms with Crippen LogP contribution in [0.4, 0.5) is 0 Å². The second-order valence-electron chi connectivity index (χ2n) is 5.51. The van der Waals surface area contributed by atoms with E-state index in [2.05, 4.69) is 4.98 Å². The lowest BCUT2D eigenvalue weighted by Gasteiger charge is -2.06. The fourth-order valence-electron chi connectivity index (χ4n) is 2.68. The number of aromatic amines is 1. The molecular weight excluding hydrogens is 318 g/mol. The number of carbonyl (C=O) groups excluding carboxylic acids is 2. The number of ether oxygens (including phenoxy) is 2. The minimum absolute atomic E-state index is 0.173. The van der Waals surface area contributed by atoms with Crippen LogP contribution in [0, 0.1) is 13.8 Å². The monoisotopic (exact) mass is 341 g/mol. The molecule has 2 rings (SSSR count). The first-order valence-electron chi connectivity index (χ1n) is 8.30. The van der Waals surface area contributed by atoms with Crippen LogP contribution < -0.4 is 4.74 Å². The molecule has 1 heterocycles. The summed E-state index contributed by atoms with van der Waals surface area (Å²) in [6.07, 6.45) is 3.22. The van der Waals surface area contributed by atoms with Crippen LogP contribution in [-0.4, -0.2) is 30.0 Å². The van der Waals surface area contributed by atoms with E-state index in [4.69, 9.17) is 9.47 Å². The van der Waals surface area contributed by atoms with Gasteiger partial charge in [-0.2, -0.15) is 0 Å². The lowest BCUT2D eigenvalue weighted by molar-refractivity contribution is 0.0519. The van der Waals surface area contributed by atoms with E-state index in [9.17, 15) is 9.59 Å². The molecule has 0 atom stereocenters. The van der Waals surface area contributed by atoms with Crippen molar-refractivity contribution < 1.29 is 19.1 Å². The van der Waals surface area contributed by atoms with Gasteiger partial charge in [0.15, 0.2) is 5.78 Å². The molecule has 1 aromatic carbocycles. The molecule has 0 saturated heterocycles. The number of para-hydroxylation sites is 1. The maximum absolute atomic E-state index is 12.6. The normalized spacial score (nSPS) is 10.9. The molecule has 0 aliphatic carbocycles. The summed E-state index contributed by atoms with van der Waals surface area (Å²) in [6.45, 7) is 8.00. The zero-order chi connectivity index (χ0) is 18.4. The third-order valence-electron chi connectivity index (χ3n) is 3.80. The Morgan fingerprint density at radius 2 is 1.84 bits per heavy atom. The van der Waals surface area contributed by atoms with Crippen LogP contribution in [0.1, 0.15) is 51.5 Å². The molecule has 0 aliphatic rings. The van der Waals surface area contributed by atoms with E-state index in [1.807, 2.05) is 31.2 Å². The predicted octanol–water partition coefficient (Wildman–Crippen LogP) is 4.10. The maximum atomic E-state index is 12.6. The third-order valence-corrected chi connectivity index (χ3v) is 3.80. The molecule has 2 aromatic rings. The van der Waals surface area contributed by atoms with E-state index in [0.29, 0.717) is 29.1 Å². The van der Waals surface area contributed by atoms with E-state index in [-0.39, 0.29) is 12.4 Å². The van der Waals surface area contributed by atoms with Crippen molar-refractivity contribution in [1.29, 1.82) is 0 Å². The second-order valence-corrected chi connectivity index (χ2v) is 5.51. The number of carbonyl (C=O) groups is 2. The van der Waals surface area contributed by atoms with Crippen LogP contribution in [0.3, 0.4) is 0 Å². The summed E-state index contributed by atoms with van der Waals surface area (Å²) in [7, 11) is 0. The van der Waals surface area contributed by atoms with Gasteiger partial charge in [-0.15, -0.1) is 0 Å². The molecule has 25 heavy (non-hydrogen) atoms. The number of hydrogen-bond acceptors (Lipinski definition) is 4. The third kappa shape index (κ3) is 4.18. The van der Waals surface area contributed by atoms with Gasteiger partial charge in [0.25, 0.3) is 0 Å². The molecular formula is C20H23NO4. The number of H-pyrrole nitrogens is 1. The number of ketones is 1. The van der Waals surface area contributed by atoms with Gasteiger partial charge in [-0.1, -0.05) is 18.2 Å². The van der Waals surface area contributed by atoms with E-state index in [0.717, 1.165) is 11.3 Å². The van der Waals surface area contributed by atoms with Crippen LogP contribution in [0.5, 0.6) is 5.75 Å². The molecule has 0 radical (unpaired) electrons. The first-order chi connectivity index (χ1) is 12.0. The molecule has 0 spiro atoms. The van der Waals surface area contributed by atoms with Gasteiger partial charge < -0.3 is 14.5 Å². The first-order valence-corrected chi connectivity index (χ1v) is 8.30. The summed E-state index contributed by atoms with van der Waals surface area (Å²) in [5, 5.41) is 0. The topological polar surface area (TPSA) is 68.4 Å². The van der Waals surface area contributed by atoms with Gasteiger partial charge in [-0.05, 0) is 51.5 Å². The van der Waals surface area contributed by atoms with E-state index in [1.165, 1.54) is 6.08 Å². The summed E-state index contributed by atoms with van der Waals surface area (Å²) < 4.78 is 10.6. The molecule has 1 aromatic heterocycles. The van der Waals surface area contributed by atoms with Gasteiger partial charge >= 0.3 is 5.97 Å². The lowest BCUT2D eigenvalue weighted by atomic mass is 10.0. The minimum Gasteiger partial charge on any atom is -0.493 e. The number of rotatable bonds is 7. The minimum atomic E-state index is -0.451. The van der Waals surface area contributed by atoms with Gasteiger partial charge in [-0.3, -0.25) is 4.79 Å². The van der Waals surface area contributed by atoms with Crippen molar-refractivity contribution >= 4 is 17.8 Å². The number of hydrogen-bond donors (Lipinski definition) is 1. The standard InChI is InChI=1S/C20H23NO4/c1-5-24-17-10-8-7-9-15(17)11-12-16(22)18-13(3)19(21-14(18)4)20(23)25-6-2/h7-12,21H,5-6H2,1-4H3/b12-11+.